The summed E-state index contributed by atoms with van der Waals surface area (Å²) in [5.74, 6) is 1.44. The number of nitrogens with zero attached hydrogens (tertiary/aromatic N) is 4. The fourth-order valence-electron chi connectivity index (χ4n) is 2.21. The summed E-state index contributed by atoms with van der Waals surface area (Å²) < 4.78 is 5.01. The predicted molar refractivity (Wildman–Crippen MR) is 101 cm³/mol. The monoisotopic (exact) mass is 365 g/mol. The van der Waals surface area contributed by atoms with Gasteiger partial charge in [-0.25, -0.2) is 4.98 Å². The molecule has 0 aliphatic rings. The van der Waals surface area contributed by atoms with E-state index in [9.17, 15) is 4.79 Å². The van der Waals surface area contributed by atoms with Gasteiger partial charge >= 0.3 is 0 Å². The fourth-order valence-corrected chi connectivity index (χ4v) is 2.21. The molecule has 0 fully saturated rings. The van der Waals surface area contributed by atoms with E-state index in [-0.39, 0.29) is 5.91 Å². The average Bonchev–Trinajstić information content (AvgIpc) is 2.73. The number of nitrogens with one attached hydrogen (secondary N) is 3. The molecule has 0 radical (unpaired) electrons. The number of ether oxygens (including phenoxy) is 1. The topological polar surface area (TPSA) is 114 Å². The van der Waals surface area contributed by atoms with Gasteiger partial charge in [0.2, 0.25) is 5.88 Å². The van der Waals surface area contributed by atoms with Crippen LogP contribution in [0.1, 0.15) is 10.4 Å². The number of pyridine rings is 2. The number of hydrogen-bond donors (Lipinski definition) is 3. The van der Waals surface area contributed by atoms with Crippen LogP contribution in [0.15, 0.2) is 55.0 Å². The molecule has 138 valence electrons. The van der Waals surface area contributed by atoms with Gasteiger partial charge in [-0.3, -0.25) is 9.78 Å². The number of amides is 1. The van der Waals surface area contributed by atoms with Gasteiger partial charge < -0.3 is 20.7 Å². The average molecular weight is 365 g/mol. The van der Waals surface area contributed by atoms with Crippen molar-refractivity contribution in [2.45, 2.75) is 0 Å². The minimum atomic E-state index is -0.195. The first-order chi connectivity index (χ1) is 13.2. The van der Waals surface area contributed by atoms with Gasteiger partial charge in [-0.2, -0.15) is 0 Å². The quantitative estimate of drug-likeness (QED) is 0.518. The van der Waals surface area contributed by atoms with E-state index < -0.39 is 0 Å². The maximum absolute atomic E-state index is 12.1. The summed E-state index contributed by atoms with van der Waals surface area (Å²) in [4.78, 5) is 20.1. The summed E-state index contributed by atoms with van der Waals surface area (Å²) in [5, 5.41) is 17.2. The Morgan fingerprint density at radius 1 is 1.07 bits per heavy atom. The fraction of sp³-hybridized carbons (Fsp3) is 0.167. The summed E-state index contributed by atoms with van der Waals surface area (Å²) in [6, 6.07) is 10.6. The molecular formula is C18H19N7O2. The summed E-state index contributed by atoms with van der Waals surface area (Å²) in [7, 11) is 1.51. The van der Waals surface area contributed by atoms with Crippen LogP contribution in [0.25, 0.3) is 0 Å². The molecule has 9 heteroatoms. The molecule has 27 heavy (non-hydrogen) atoms. The summed E-state index contributed by atoms with van der Waals surface area (Å²) in [6.45, 7) is 0.943. The van der Waals surface area contributed by atoms with Gasteiger partial charge in [-0.15, -0.1) is 10.2 Å². The molecule has 0 atom stereocenters. The largest absolute Gasteiger partial charge is 0.481 e. The highest BCUT2D eigenvalue weighted by molar-refractivity contribution is 5.94. The van der Waals surface area contributed by atoms with Crippen molar-refractivity contribution in [3.63, 3.8) is 0 Å². The number of methoxy groups -OCH3 is 1. The molecule has 0 aliphatic heterocycles. The van der Waals surface area contributed by atoms with Crippen molar-refractivity contribution >= 4 is 23.2 Å². The Morgan fingerprint density at radius 3 is 2.67 bits per heavy atom. The number of hydrogen-bond acceptors (Lipinski definition) is 8. The molecule has 9 nitrogen and oxygen atoms in total. The second-order valence-electron chi connectivity index (χ2n) is 5.44. The minimum absolute atomic E-state index is 0.195. The van der Waals surface area contributed by atoms with Crippen LogP contribution in [0.5, 0.6) is 5.88 Å². The van der Waals surface area contributed by atoms with Crippen LogP contribution >= 0.6 is 0 Å². The zero-order valence-electron chi connectivity index (χ0n) is 14.7. The lowest BCUT2D eigenvalue weighted by atomic mass is 10.2. The van der Waals surface area contributed by atoms with E-state index in [0.717, 1.165) is 5.69 Å². The lowest BCUT2D eigenvalue weighted by molar-refractivity contribution is 0.0954. The first-order valence-corrected chi connectivity index (χ1v) is 8.27. The number of anilines is 3. The van der Waals surface area contributed by atoms with Crippen molar-refractivity contribution in [2.75, 3.05) is 30.8 Å². The maximum Gasteiger partial charge on any atom is 0.251 e. The molecule has 0 spiro atoms. The third-order valence-electron chi connectivity index (χ3n) is 3.52. The summed E-state index contributed by atoms with van der Waals surface area (Å²) in [6.07, 6.45) is 4.94. The summed E-state index contributed by atoms with van der Waals surface area (Å²) >= 11 is 0. The Morgan fingerprint density at radius 2 is 1.93 bits per heavy atom. The van der Waals surface area contributed by atoms with E-state index in [0.29, 0.717) is 36.2 Å². The second-order valence-corrected chi connectivity index (χ2v) is 5.44. The molecule has 0 saturated carbocycles. The van der Waals surface area contributed by atoms with Gasteiger partial charge in [0.25, 0.3) is 5.91 Å². The van der Waals surface area contributed by atoms with E-state index in [1.54, 1.807) is 30.6 Å². The normalized spacial score (nSPS) is 10.1. The van der Waals surface area contributed by atoms with E-state index in [1.807, 2.05) is 18.2 Å². The highest BCUT2D eigenvalue weighted by Crippen LogP contribution is 2.13. The zero-order valence-corrected chi connectivity index (χ0v) is 14.7. The van der Waals surface area contributed by atoms with E-state index in [4.69, 9.17) is 4.74 Å². The van der Waals surface area contributed by atoms with Crippen LogP contribution in [-0.2, 0) is 0 Å². The summed E-state index contributed by atoms with van der Waals surface area (Å²) in [5.41, 5.74) is 1.33. The van der Waals surface area contributed by atoms with E-state index >= 15 is 0 Å². The molecule has 0 aromatic carbocycles. The van der Waals surface area contributed by atoms with Crippen LogP contribution in [0.3, 0.4) is 0 Å². The number of aromatic nitrogens is 4. The van der Waals surface area contributed by atoms with Crippen LogP contribution in [0.2, 0.25) is 0 Å². The van der Waals surface area contributed by atoms with Crippen LogP contribution < -0.4 is 20.7 Å². The zero-order chi connectivity index (χ0) is 18.9. The second kappa shape index (κ2) is 9.09. The Kier molecular flexibility index (Phi) is 6.08. The molecule has 3 N–H and O–H groups in total. The highest BCUT2D eigenvalue weighted by atomic mass is 16.5. The Hall–Kier alpha value is -3.75. The predicted octanol–water partition coefficient (Wildman–Crippen LogP) is 1.86. The van der Waals surface area contributed by atoms with Crippen molar-refractivity contribution < 1.29 is 9.53 Å². The first-order valence-electron chi connectivity index (χ1n) is 8.27. The minimum Gasteiger partial charge on any atom is -0.481 e. The SMILES string of the molecule is COc1cc(C(=O)NCCNc2ccc(Nc3cccnc3)nn2)ccn1. The molecule has 3 rings (SSSR count). The molecule has 3 aromatic heterocycles. The van der Waals surface area contributed by atoms with Crippen molar-refractivity contribution in [2.24, 2.45) is 0 Å². The number of rotatable bonds is 8. The smallest absolute Gasteiger partial charge is 0.251 e. The molecule has 0 aliphatic carbocycles. The van der Waals surface area contributed by atoms with Gasteiger partial charge in [0.1, 0.15) is 5.82 Å². The van der Waals surface area contributed by atoms with Gasteiger partial charge in [0, 0.05) is 37.1 Å². The molecule has 0 saturated heterocycles. The van der Waals surface area contributed by atoms with Gasteiger partial charge in [-0.1, -0.05) is 0 Å². The van der Waals surface area contributed by atoms with Crippen molar-refractivity contribution in [3.8, 4) is 5.88 Å². The van der Waals surface area contributed by atoms with E-state index in [2.05, 4.69) is 36.1 Å². The Bertz CT molecular complexity index is 872. The molecule has 0 bridgehead atoms. The van der Waals surface area contributed by atoms with Gasteiger partial charge in [-0.05, 0) is 30.3 Å². The molecule has 3 heterocycles. The van der Waals surface area contributed by atoms with Crippen LogP contribution in [-0.4, -0.2) is 46.3 Å². The Balaban J connectivity index is 1.43. The van der Waals surface area contributed by atoms with Crippen LogP contribution in [0.4, 0.5) is 17.3 Å². The lowest BCUT2D eigenvalue weighted by Gasteiger charge is -2.08. The third-order valence-corrected chi connectivity index (χ3v) is 3.52. The van der Waals surface area contributed by atoms with E-state index in [1.165, 1.54) is 13.3 Å². The van der Waals surface area contributed by atoms with Crippen molar-refractivity contribution in [3.05, 3.63) is 60.6 Å². The van der Waals surface area contributed by atoms with Crippen molar-refractivity contribution in [1.82, 2.24) is 25.5 Å². The molecule has 3 aromatic rings. The third kappa shape index (κ3) is 5.36. The number of carbonyl (C=O) groups is 1. The van der Waals surface area contributed by atoms with Crippen LogP contribution in [0, 0.1) is 0 Å². The Labute approximate surface area is 156 Å². The molecular weight excluding hydrogens is 346 g/mol. The molecule has 0 unspecified atom stereocenters. The molecule has 1 amide bonds. The highest BCUT2D eigenvalue weighted by Gasteiger charge is 2.06. The first kappa shape index (κ1) is 18.1. The lowest BCUT2D eigenvalue weighted by Crippen LogP contribution is -2.29. The number of carbonyl (C=O) groups excluding carboxylic acids is 1. The standard InChI is InChI=1S/C18H19N7O2/c1-27-17-11-13(6-8-21-17)18(26)22-10-9-20-15-4-5-16(25-24-15)23-14-3-2-7-19-12-14/h2-8,11-12H,9-10H2,1H3,(H,20,24)(H,22,26)(H,23,25). The van der Waals surface area contributed by atoms with Gasteiger partial charge in [0.05, 0.1) is 19.0 Å². The van der Waals surface area contributed by atoms with Gasteiger partial charge in [0.15, 0.2) is 5.82 Å². The van der Waals surface area contributed by atoms with Crippen molar-refractivity contribution in [1.29, 1.82) is 0 Å². The maximum atomic E-state index is 12.1.